The van der Waals surface area contributed by atoms with Crippen LogP contribution in [0.25, 0.3) is 0 Å². The number of aromatic nitrogens is 2. The first kappa shape index (κ1) is 16.4. The van der Waals surface area contributed by atoms with E-state index in [-0.39, 0.29) is 0 Å². The van der Waals surface area contributed by atoms with E-state index in [1.54, 1.807) is 0 Å². The highest BCUT2D eigenvalue weighted by molar-refractivity contribution is 9.10. The highest BCUT2D eigenvalue weighted by Crippen LogP contribution is 2.16. The lowest BCUT2D eigenvalue weighted by atomic mass is 10.3. The zero-order chi connectivity index (χ0) is 16.1. The van der Waals surface area contributed by atoms with Crippen molar-refractivity contribution in [3.05, 3.63) is 40.5 Å². The molecule has 0 radical (unpaired) electrons. The van der Waals surface area contributed by atoms with Crippen molar-refractivity contribution in [2.45, 2.75) is 13.5 Å². The summed E-state index contributed by atoms with van der Waals surface area (Å²) in [5, 5.41) is 3.95. The summed E-state index contributed by atoms with van der Waals surface area (Å²) in [6.07, 6.45) is 0. The van der Waals surface area contributed by atoms with Crippen LogP contribution in [0.3, 0.4) is 0 Å². The van der Waals surface area contributed by atoms with Gasteiger partial charge in [0.1, 0.15) is 12.4 Å². The van der Waals surface area contributed by atoms with Gasteiger partial charge in [-0.3, -0.25) is 9.80 Å². The monoisotopic (exact) mass is 380 g/mol. The van der Waals surface area contributed by atoms with Gasteiger partial charge < -0.3 is 9.26 Å². The summed E-state index contributed by atoms with van der Waals surface area (Å²) in [5.74, 6) is 2.32. The minimum absolute atomic E-state index is 0.628. The molecule has 2 heterocycles. The van der Waals surface area contributed by atoms with E-state index < -0.39 is 0 Å². The Hall–Kier alpha value is -1.44. The molecule has 23 heavy (non-hydrogen) atoms. The van der Waals surface area contributed by atoms with E-state index in [1.165, 1.54) is 0 Å². The molecule has 7 heteroatoms. The van der Waals surface area contributed by atoms with Crippen LogP contribution in [0.2, 0.25) is 0 Å². The van der Waals surface area contributed by atoms with Gasteiger partial charge in [0.25, 0.3) is 0 Å². The molecule has 0 aliphatic carbocycles. The van der Waals surface area contributed by atoms with Crippen molar-refractivity contribution in [2.75, 3.05) is 39.3 Å². The summed E-state index contributed by atoms with van der Waals surface area (Å²) in [7, 11) is 0. The summed E-state index contributed by atoms with van der Waals surface area (Å²) in [6, 6.07) is 7.95. The average molecular weight is 381 g/mol. The van der Waals surface area contributed by atoms with Gasteiger partial charge in [-0.1, -0.05) is 21.1 Å². The average Bonchev–Trinajstić information content (AvgIpc) is 2.96. The number of hydrogen-bond acceptors (Lipinski definition) is 6. The highest BCUT2D eigenvalue weighted by atomic mass is 79.9. The van der Waals surface area contributed by atoms with Crippen molar-refractivity contribution in [1.29, 1.82) is 0 Å². The van der Waals surface area contributed by atoms with Crippen LogP contribution < -0.4 is 4.74 Å². The van der Waals surface area contributed by atoms with Gasteiger partial charge in [-0.05, 0) is 24.3 Å². The number of ether oxygens (including phenoxy) is 1. The first-order valence-corrected chi connectivity index (χ1v) is 8.60. The molecule has 2 aromatic rings. The molecule has 1 aromatic heterocycles. The molecule has 1 aliphatic heterocycles. The van der Waals surface area contributed by atoms with Crippen LogP contribution >= 0.6 is 15.9 Å². The van der Waals surface area contributed by atoms with Crippen LogP contribution in [-0.2, 0) is 6.54 Å². The van der Waals surface area contributed by atoms with Gasteiger partial charge in [-0.25, -0.2) is 0 Å². The molecule has 0 atom stereocenters. The Bertz CT molecular complexity index is 609. The van der Waals surface area contributed by atoms with Gasteiger partial charge in [-0.2, -0.15) is 4.98 Å². The second-order valence-corrected chi connectivity index (χ2v) is 6.57. The quantitative estimate of drug-likeness (QED) is 0.766. The third-order valence-electron chi connectivity index (χ3n) is 3.89. The highest BCUT2D eigenvalue weighted by Gasteiger charge is 2.18. The normalized spacial score (nSPS) is 16.6. The molecular weight excluding hydrogens is 360 g/mol. The number of hydrogen-bond donors (Lipinski definition) is 0. The Labute approximate surface area is 144 Å². The Morgan fingerprint density at radius 3 is 2.48 bits per heavy atom. The molecule has 0 amide bonds. The predicted octanol–water partition coefficient (Wildman–Crippen LogP) is 2.34. The Morgan fingerprint density at radius 2 is 1.83 bits per heavy atom. The zero-order valence-corrected chi connectivity index (χ0v) is 14.8. The molecule has 1 fully saturated rings. The molecule has 1 saturated heterocycles. The Balaban J connectivity index is 1.35. The largest absolute Gasteiger partial charge is 0.492 e. The third kappa shape index (κ3) is 5.02. The van der Waals surface area contributed by atoms with Gasteiger partial charge in [0, 0.05) is 44.1 Å². The van der Waals surface area contributed by atoms with E-state index in [2.05, 4.69) is 35.9 Å². The van der Waals surface area contributed by atoms with Crippen molar-refractivity contribution in [1.82, 2.24) is 19.9 Å². The van der Waals surface area contributed by atoms with Crippen molar-refractivity contribution in [2.24, 2.45) is 0 Å². The number of halogens is 1. The molecular formula is C16H21BrN4O2. The van der Waals surface area contributed by atoms with Crippen LogP contribution in [0.4, 0.5) is 0 Å². The van der Waals surface area contributed by atoms with Crippen molar-refractivity contribution in [3.8, 4) is 5.75 Å². The van der Waals surface area contributed by atoms with Gasteiger partial charge >= 0.3 is 0 Å². The van der Waals surface area contributed by atoms with Gasteiger partial charge in [0.2, 0.25) is 5.89 Å². The van der Waals surface area contributed by atoms with Crippen LogP contribution in [0.1, 0.15) is 11.7 Å². The van der Waals surface area contributed by atoms with Crippen LogP contribution in [0.5, 0.6) is 5.75 Å². The number of benzene rings is 1. The standard InChI is InChI=1S/C16H21BrN4O2/c1-13-18-16(19-23-13)12-21-8-6-20(7-9-21)10-11-22-15-4-2-14(17)3-5-15/h2-5H,6-12H2,1H3. The zero-order valence-electron chi connectivity index (χ0n) is 13.2. The van der Waals surface area contributed by atoms with E-state index in [0.717, 1.165) is 55.3 Å². The minimum atomic E-state index is 0.628. The van der Waals surface area contributed by atoms with Gasteiger partial charge in [0.05, 0.1) is 6.54 Å². The summed E-state index contributed by atoms with van der Waals surface area (Å²) in [6.45, 7) is 8.37. The number of nitrogens with zero attached hydrogens (tertiary/aromatic N) is 4. The molecule has 1 aliphatic rings. The summed E-state index contributed by atoms with van der Waals surface area (Å²) < 4.78 is 11.9. The second kappa shape index (κ2) is 7.90. The predicted molar refractivity (Wildman–Crippen MR) is 90.4 cm³/mol. The third-order valence-corrected chi connectivity index (χ3v) is 4.42. The van der Waals surface area contributed by atoms with E-state index in [4.69, 9.17) is 9.26 Å². The number of rotatable bonds is 6. The maximum absolute atomic E-state index is 5.78. The first-order chi connectivity index (χ1) is 11.2. The Kier molecular flexibility index (Phi) is 5.64. The molecule has 0 bridgehead atoms. The lowest BCUT2D eigenvalue weighted by molar-refractivity contribution is 0.110. The maximum Gasteiger partial charge on any atom is 0.223 e. The maximum atomic E-state index is 5.78. The van der Waals surface area contributed by atoms with Crippen molar-refractivity contribution >= 4 is 15.9 Å². The van der Waals surface area contributed by atoms with Gasteiger partial charge in [0.15, 0.2) is 5.82 Å². The first-order valence-electron chi connectivity index (χ1n) is 7.81. The SMILES string of the molecule is Cc1nc(CN2CCN(CCOc3ccc(Br)cc3)CC2)no1. The smallest absolute Gasteiger partial charge is 0.223 e. The fourth-order valence-corrected chi connectivity index (χ4v) is 2.86. The van der Waals surface area contributed by atoms with Crippen LogP contribution in [-0.4, -0.2) is 59.3 Å². The van der Waals surface area contributed by atoms with E-state index >= 15 is 0 Å². The van der Waals surface area contributed by atoms with Gasteiger partial charge in [-0.15, -0.1) is 0 Å². The van der Waals surface area contributed by atoms with E-state index in [9.17, 15) is 0 Å². The molecule has 124 valence electrons. The van der Waals surface area contributed by atoms with E-state index in [0.29, 0.717) is 12.5 Å². The fraction of sp³-hybridized carbons (Fsp3) is 0.500. The molecule has 1 aromatic carbocycles. The second-order valence-electron chi connectivity index (χ2n) is 5.65. The van der Waals surface area contributed by atoms with E-state index in [1.807, 2.05) is 31.2 Å². The molecule has 0 N–H and O–H groups in total. The van der Waals surface area contributed by atoms with Crippen molar-refractivity contribution in [3.63, 3.8) is 0 Å². The lowest BCUT2D eigenvalue weighted by Gasteiger charge is -2.33. The minimum Gasteiger partial charge on any atom is -0.492 e. The summed E-state index contributed by atoms with van der Waals surface area (Å²) >= 11 is 3.42. The summed E-state index contributed by atoms with van der Waals surface area (Å²) in [5.41, 5.74) is 0. The van der Waals surface area contributed by atoms with Crippen molar-refractivity contribution < 1.29 is 9.26 Å². The molecule has 0 spiro atoms. The van der Waals surface area contributed by atoms with Crippen LogP contribution in [0, 0.1) is 6.92 Å². The molecule has 3 rings (SSSR count). The molecule has 0 unspecified atom stereocenters. The van der Waals surface area contributed by atoms with Crippen LogP contribution in [0.15, 0.2) is 33.3 Å². The molecule has 0 saturated carbocycles. The lowest BCUT2D eigenvalue weighted by Crippen LogP contribution is -2.47. The number of aryl methyl sites for hydroxylation is 1. The number of piperazine rings is 1. The fourth-order valence-electron chi connectivity index (χ4n) is 2.60. The molecule has 6 nitrogen and oxygen atoms in total. The Morgan fingerprint density at radius 1 is 1.13 bits per heavy atom. The summed E-state index contributed by atoms with van der Waals surface area (Å²) in [4.78, 5) is 9.04. The topological polar surface area (TPSA) is 54.6 Å².